The molecule has 0 saturated carbocycles. The first kappa shape index (κ1) is 55.9. The molecule has 1 unspecified atom stereocenters. The highest BCUT2D eigenvalue weighted by molar-refractivity contribution is 7.47. The van der Waals surface area contributed by atoms with Crippen molar-refractivity contribution >= 4 is 19.8 Å². The molecule has 0 aromatic rings. The van der Waals surface area contributed by atoms with Gasteiger partial charge in [-0.25, -0.2) is 4.57 Å². The van der Waals surface area contributed by atoms with E-state index >= 15 is 0 Å². The molecule has 3 atom stereocenters. The van der Waals surface area contributed by atoms with Gasteiger partial charge in [0, 0.05) is 12.8 Å². The topological polar surface area (TPSA) is 149 Å². The van der Waals surface area contributed by atoms with Crippen LogP contribution in [0.5, 0.6) is 0 Å². The standard InChI is InChI=1S/C48H79O10P/c1-3-5-7-9-11-13-15-17-19-21-22-24-25-27-29-31-33-35-37-39-47(51)55-43-46(44-57-59(53,54)56-42-45(50)41-49)58-48(52)40-38-36-34-32-30-28-26-23-20-18-16-14-12-10-8-6-4-2/h11,13,17-20,22,24,26-29,32-35,45-46,49-50H,3-10,12,14-16,21,23,25,30-31,36-44H2,1-2H3,(H,53,54)/b13-11+,19-17+,20-18+,24-22+,28-26+,29-27+,34-32+,35-33+/t45-,46+/m0/s1. The monoisotopic (exact) mass is 847 g/mol. The lowest BCUT2D eigenvalue weighted by Gasteiger charge is -2.20. The van der Waals surface area contributed by atoms with E-state index in [1.165, 1.54) is 64.2 Å². The number of carbonyl (C=O) groups is 2. The molecular weight excluding hydrogens is 767 g/mol. The third-order valence-electron chi connectivity index (χ3n) is 8.72. The van der Waals surface area contributed by atoms with Crippen LogP contribution >= 0.6 is 7.82 Å². The normalized spacial score (nSPS) is 14.7. The first-order valence-corrected chi connectivity index (χ1v) is 23.7. The summed E-state index contributed by atoms with van der Waals surface area (Å²) in [7, 11) is -4.65. The predicted molar refractivity (Wildman–Crippen MR) is 242 cm³/mol. The molecule has 11 heteroatoms. The smallest absolute Gasteiger partial charge is 0.462 e. The highest BCUT2D eigenvalue weighted by atomic mass is 31.2. The van der Waals surface area contributed by atoms with E-state index in [9.17, 15) is 24.2 Å². The minimum atomic E-state index is -4.65. The molecule has 0 aliphatic carbocycles. The molecule has 0 saturated heterocycles. The van der Waals surface area contributed by atoms with Crippen LogP contribution < -0.4 is 0 Å². The summed E-state index contributed by atoms with van der Waals surface area (Å²) >= 11 is 0. The molecule has 0 amide bonds. The van der Waals surface area contributed by atoms with Gasteiger partial charge in [0.2, 0.25) is 0 Å². The average molecular weight is 847 g/mol. The number of aliphatic hydroxyl groups excluding tert-OH is 2. The summed E-state index contributed by atoms with van der Waals surface area (Å²) < 4.78 is 32.6. The maximum atomic E-state index is 12.6. The molecule has 0 aromatic carbocycles. The number of aliphatic hydroxyl groups is 2. The second-order valence-corrected chi connectivity index (χ2v) is 15.8. The number of hydrogen-bond acceptors (Lipinski definition) is 9. The summed E-state index contributed by atoms with van der Waals surface area (Å²) in [5, 5.41) is 18.3. The molecule has 0 rings (SSSR count). The van der Waals surface area contributed by atoms with E-state index in [2.05, 4.69) is 91.3 Å². The van der Waals surface area contributed by atoms with E-state index in [1.807, 2.05) is 24.3 Å². The summed E-state index contributed by atoms with van der Waals surface area (Å²) in [6.07, 6.45) is 52.5. The Bertz CT molecular complexity index is 1300. The Morgan fingerprint density at radius 2 is 0.915 bits per heavy atom. The zero-order valence-corrected chi connectivity index (χ0v) is 37.3. The molecule has 336 valence electrons. The maximum Gasteiger partial charge on any atom is 0.472 e. The van der Waals surface area contributed by atoms with Crippen LogP contribution in [0.25, 0.3) is 0 Å². The summed E-state index contributed by atoms with van der Waals surface area (Å²) in [6, 6.07) is 0. The van der Waals surface area contributed by atoms with Crippen LogP contribution in [0.4, 0.5) is 0 Å². The number of esters is 2. The number of allylic oxidation sites excluding steroid dienone is 16. The predicted octanol–water partition coefficient (Wildman–Crippen LogP) is 12.0. The second-order valence-electron chi connectivity index (χ2n) is 14.4. The minimum absolute atomic E-state index is 0.0915. The van der Waals surface area contributed by atoms with Crippen LogP contribution in [0.15, 0.2) is 97.2 Å². The van der Waals surface area contributed by atoms with Crippen molar-refractivity contribution in [2.75, 3.05) is 26.4 Å². The molecule has 59 heavy (non-hydrogen) atoms. The zero-order chi connectivity index (χ0) is 43.3. The van der Waals surface area contributed by atoms with Crippen molar-refractivity contribution in [1.29, 1.82) is 0 Å². The highest BCUT2D eigenvalue weighted by Crippen LogP contribution is 2.43. The molecule has 0 radical (unpaired) electrons. The van der Waals surface area contributed by atoms with E-state index in [4.69, 9.17) is 19.1 Å². The average Bonchev–Trinajstić information content (AvgIpc) is 3.22. The Morgan fingerprint density at radius 1 is 0.508 bits per heavy atom. The fraction of sp³-hybridized carbons (Fsp3) is 0.625. The van der Waals surface area contributed by atoms with Crippen LogP contribution in [0.1, 0.15) is 155 Å². The highest BCUT2D eigenvalue weighted by Gasteiger charge is 2.27. The quantitative estimate of drug-likeness (QED) is 0.0235. The Labute approximate surface area is 357 Å². The second kappa shape index (κ2) is 43.0. The first-order valence-electron chi connectivity index (χ1n) is 22.2. The van der Waals surface area contributed by atoms with E-state index in [0.29, 0.717) is 19.3 Å². The van der Waals surface area contributed by atoms with Gasteiger partial charge in [0.25, 0.3) is 0 Å². The summed E-state index contributed by atoms with van der Waals surface area (Å²) in [6.45, 7) is 2.18. The molecule has 10 nitrogen and oxygen atoms in total. The zero-order valence-electron chi connectivity index (χ0n) is 36.4. The maximum absolute atomic E-state index is 12.6. The van der Waals surface area contributed by atoms with Crippen LogP contribution in [0.3, 0.4) is 0 Å². The van der Waals surface area contributed by atoms with Crippen molar-refractivity contribution in [2.45, 2.75) is 167 Å². The SMILES string of the molecule is CCCCC/C=C/C/C=C/C/C=C/C/C=C/C/C=C/CCC(=O)OC[C@H](COP(=O)(O)OC[C@@H](O)CO)OC(=O)CCC/C=C/C/C=C/C/C=C/CCCCCCCC. The van der Waals surface area contributed by atoms with Gasteiger partial charge >= 0.3 is 19.8 Å². The largest absolute Gasteiger partial charge is 0.472 e. The molecule has 0 heterocycles. The number of phosphoric ester groups is 1. The first-order chi connectivity index (χ1) is 28.7. The number of carbonyl (C=O) groups excluding carboxylic acids is 2. The van der Waals surface area contributed by atoms with E-state index in [1.54, 1.807) is 0 Å². The summed E-state index contributed by atoms with van der Waals surface area (Å²) in [4.78, 5) is 34.9. The van der Waals surface area contributed by atoms with Gasteiger partial charge in [-0.1, -0.05) is 156 Å². The van der Waals surface area contributed by atoms with Gasteiger partial charge in [-0.2, -0.15) is 0 Å². The van der Waals surface area contributed by atoms with E-state index in [-0.39, 0.29) is 19.4 Å². The molecule has 0 aliphatic heterocycles. The van der Waals surface area contributed by atoms with Crippen LogP contribution in [-0.2, 0) is 32.7 Å². The van der Waals surface area contributed by atoms with Crippen molar-refractivity contribution in [1.82, 2.24) is 0 Å². The lowest BCUT2D eigenvalue weighted by molar-refractivity contribution is -0.161. The van der Waals surface area contributed by atoms with Gasteiger partial charge in [0.1, 0.15) is 12.7 Å². The van der Waals surface area contributed by atoms with Gasteiger partial charge in [0.05, 0.1) is 19.8 Å². The fourth-order valence-electron chi connectivity index (χ4n) is 5.28. The Hall–Kier alpha value is -3.11. The molecule has 0 aliphatic rings. The molecular formula is C48H79O10P. The Morgan fingerprint density at radius 3 is 1.42 bits per heavy atom. The Kier molecular flexibility index (Phi) is 40.7. The number of hydrogen-bond donors (Lipinski definition) is 3. The lowest BCUT2D eigenvalue weighted by atomic mass is 10.1. The van der Waals surface area contributed by atoms with Gasteiger partial charge in [0.15, 0.2) is 6.10 Å². The lowest BCUT2D eigenvalue weighted by Crippen LogP contribution is -2.29. The van der Waals surface area contributed by atoms with Crippen molar-refractivity contribution < 1.29 is 47.8 Å². The summed E-state index contributed by atoms with van der Waals surface area (Å²) in [5.41, 5.74) is 0. The van der Waals surface area contributed by atoms with Crippen molar-refractivity contribution in [3.63, 3.8) is 0 Å². The third kappa shape index (κ3) is 42.8. The molecule has 0 spiro atoms. The number of rotatable bonds is 40. The Balaban J connectivity index is 4.51. The fourth-order valence-corrected chi connectivity index (χ4v) is 6.07. The van der Waals surface area contributed by atoms with Crippen molar-refractivity contribution in [3.8, 4) is 0 Å². The molecule has 3 N–H and O–H groups in total. The van der Waals surface area contributed by atoms with E-state index < -0.39 is 51.8 Å². The van der Waals surface area contributed by atoms with Crippen LogP contribution in [0.2, 0.25) is 0 Å². The van der Waals surface area contributed by atoms with Crippen molar-refractivity contribution in [2.24, 2.45) is 0 Å². The van der Waals surface area contributed by atoms with Gasteiger partial charge in [-0.05, 0) is 83.5 Å². The number of ether oxygens (including phenoxy) is 2. The number of phosphoric acid groups is 1. The van der Waals surface area contributed by atoms with Crippen molar-refractivity contribution in [3.05, 3.63) is 97.2 Å². The van der Waals surface area contributed by atoms with Gasteiger partial charge in [-0.15, -0.1) is 0 Å². The molecule has 0 aromatic heterocycles. The minimum Gasteiger partial charge on any atom is -0.462 e. The van der Waals surface area contributed by atoms with E-state index in [0.717, 1.165) is 44.9 Å². The van der Waals surface area contributed by atoms with Gasteiger partial charge < -0.3 is 24.6 Å². The molecule has 0 bridgehead atoms. The molecule has 0 fully saturated rings. The van der Waals surface area contributed by atoms with Crippen LogP contribution in [0, 0.1) is 0 Å². The van der Waals surface area contributed by atoms with Gasteiger partial charge in [-0.3, -0.25) is 18.6 Å². The third-order valence-corrected chi connectivity index (χ3v) is 9.68. The number of unbranched alkanes of at least 4 members (excludes halogenated alkanes) is 10. The summed E-state index contributed by atoms with van der Waals surface area (Å²) in [5.74, 6) is -1.09. The van der Waals surface area contributed by atoms with Crippen LogP contribution in [-0.4, -0.2) is 65.7 Å².